The maximum atomic E-state index is 12.3. The predicted octanol–water partition coefficient (Wildman–Crippen LogP) is 3.32. The molecule has 0 aliphatic carbocycles. The molecule has 2 aliphatic rings. The zero-order chi connectivity index (χ0) is 19.7. The predicted molar refractivity (Wildman–Crippen MR) is 111 cm³/mol. The molecule has 0 saturated carbocycles. The Bertz CT molecular complexity index is 980. The second kappa shape index (κ2) is 7.25. The summed E-state index contributed by atoms with van der Waals surface area (Å²) in [6.07, 6.45) is 0.537. The van der Waals surface area contributed by atoms with E-state index >= 15 is 0 Å². The lowest BCUT2D eigenvalue weighted by atomic mass is 10.1. The lowest BCUT2D eigenvalue weighted by molar-refractivity contribution is 0.256. The minimum absolute atomic E-state index is 0.215. The van der Waals surface area contributed by atoms with Gasteiger partial charge >= 0.3 is 6.03 Å². The summed E-state index contributed by atoms with van der Waals surface area (Å²) >= 11 is 7.29. The number of fused-ring (bicyclic) bond motifs is 1. The fourth-order valence-corrected chi connectivity index (χ4v) is 3.97. The van der Waals surface area contributed by atoms with Crippen molar-refractivity contribution in [3.8, 4) is 5.75 Å². The summed E-state index contributed by atoms with van der Waals surface area (Å²) in [4.78, 5) is 11.6. The van der Waals surface area contributed by atoms with E-state index in [1.54, 1.807) is 41.4 Å². The van der Waals surface area contributed by atoms with E-state index in [0.717, 1.165) is 5.56 Å². The summed E-state index contributed by atoms with van der Waals surface area (Å²) in [6, 6.07) is 13.4. The number of carbonyl (C=O) groups is 1. The molecule has 2 amide bonds. The number of amidine groups is 2. The average Bonchev–Trinajstić information content (AvgIpc) is 3.10. The molecule has 28 heavy (non-hydrogen) atoms. The Morgan fingerprint density at radius 2 is 2.07 bits per heavy atom. The number of nitrogens with one attached hydrogen (secondary N) is 3. The van der Waals surface area contributed by atoms with E-state index in [0.29, 0.717) is 28.1 Å². The third-order valence-electron chi connectivity index (χ3n) is 4.13. The molecule has 0 fully saturated rings. The van der Waals surface area contributed by atoms with Gasteiger partial charge in [0.25, 0.3) is 0 Å². The molecule has 0 radical (unpaired) electrons. The van der Waals surface area contributed by atoms with Crippen LogP contribution in [0.5, 0.6) is 5.75 Å². The highest BCUT2D eigenvalue weighted by Gasteiger charge is 2.46. The molecule has 2 aliphatic heterocycles. The van der Waals surface area contributed by atoms with Crippen LogP contribution < -0.4 is 16.1 Å². The van der Waals surface area contributed by atoms with Crippen LogP contribution in [0, 0.1) is 0 Å². The second-order valence-electron chi connectivity index (χ2n) is 6.37. The number of anilines is 1. The van der Waals surface area contributed by atoms with Crippen LogP contribution in [0.2, 0.25) is 5.02 Å². The number of halogens is 1. The molecule has 4 rings (SSSR count). The van der Waals surface area contributed by atoms with Crippen molar-refractivity contribution in [1.29, 1.82) is 0 Å². The Balaban J connectivity index is 1.42. The molecule has 2 aromatic carbocycles. The zero-order valence-corrected chi connectivity index (χ0v) is 16.4. The van der Waals surface area contributed by atoms with Gasteiger partial charge in [0, 0.05) is 17.1 Å². The minimum Gasteiger partial charge on any atom is -0.508 e. The van der Waals surface area contributed by atoms with Crippen LogP contribution in [0.4, 0.5) is 10.5 Å². The van der Waals surface area contributed by atoms with Crippen LogP contribution in [-0.4, -0.2) is 32.1 Å². The van der Waals surface area contributed by atoms with Gasteiger partial charge in [0.05, 0.1) is 0 Å². The number of hydrogen-bond acceptors (Lipinski definition) is 7. The number of urea groups is 1. The number of nitrogens with zero attached hydrogens (tertiary/aromatic N) is 3. The lowest BCUT2D eigenvalue weighted by Gasteiger charge is -2.24. The first-order valence-corrected chi connectivity index (χ1v) is 9.64. The molecular formula is C18H17ClN6O2S. The molecule has 0 aromatic heterocycles. The van der Waals surface area contributed by atoms with Crippen LogP contribution in [0.25, 0.3) is 0 Å². The molecule has 4 N–H and O–H groups in total. The summed E-state index contributed by atoms with van der Waals surface area (Å²) < 4.78 is 0. The molecule has 144 valence electrons. The van der Waals surface area contributed by atoms with Crippen molar-refractivity contribution in [2.75, 3.05) is 5.32 Å². The molecule has 1 atom stereocenters. The molecule has 0 saturated heterocycles. The van der Waals surface area contributed by atoms with Crippen molar-refractivity contribution in [1.82, 2.24) is 15.8 Å². The van der Waals surface area contributed by atoms with Gasteiger partial charge in [-0.3, -0.25) is 10.7 Å². The van der Waals surface area contributed by atoms with Crippen molar-refractivity contribution >= 4 is 46.1 Å². The molecule has 0 bridgehead atoms. The van der Waals surface area contributed by atoms with Gasteiger partial charge in [0.2, 0.25) is 0 Å². The summed E-state index contributed by atoms with van der Waals surface area (Å²) in [7, 11) is 0. The number of aromatic hydroxyl groups is 1. The second-order valence-corrected chi connectivity index (χ2v) is 8.20. The number of rotatable bonds is 3. The van der Waals surface area contributed by atoms with Crippen LogP contribution in [0.1, 0.15) is 12.5 Å². The maximum absolute atomic E-state index is 12.3. The van der Waals surface area contributed by atoms with Crippen molar-refractivity contribution in [3.05, 3.63) is 59.1 Å². The highest BCUT2D eigenvalue weighted by atomic mass is 35.5. The Morgan fingerprint density at radius 1 is 1.29 bits per heavy atom. The molecule has 2 aromatic rings. The summed E-state index contributed by atoms with van der Waals surface area (Å²) in [5, 5.41) is 26.5. The van der Waals surface area contributed by atoms with Gasteiger partial charge < -0.3 is 10.4 Å². The fraction of sp³-hybridized carbons (Fsp3) is 0.167. The third-order valence-corrected chi connectivity index (χ3v) is 5.40. The van der Waals surface area contributed by atoms with Gasteiger partial charge in [0.15, 0.2) is 16.0 Å². The Morgan fingerprint density at radius 3 is 2.82 bits per heavy atom. The monoisotopic (exact) mass is 416 g/mol. The number of carbonyl (C=O) groups excluding carboxylic acids is 1. The summed E-state index contributed by atoms with van der Waals surface area (Å²) in [5.41, 5.74) is 4.64. The number of amides is 2. The molecule has 0 spiro atoms. The Kier molecular flexibility index (Phi) is 4.78. The number of hydrazone groups is 2. The zero-order valence-electron chi connectivity index (χ0n) is 14.8. The Hall–Kier alpha value is -2.91. The SMILES string of the molecule is CC12NN=C(Cc3ccc(O)cc3)N1N=C(NC(=O)Nc1cccc(Cl)c1)S2. The third kappa shape index (κ3) is 3.85. The van der Waals surface area contributed by atoms with Crippen LogP contribution >= 0.6 is 23.4 Å². The maximum Gasteiger partial charge on any atom is 0.325 e. The lowest BCUT2D eigenvalue weighted by Crippen LogP contribution is -2.43. The Labute approximate surface area is 170 Å². The number of hydrogen-bond donors (Lipinski definition) is 4. The van der Waals surface area contributed by atoms with Gasteiger partial charge in [-0.2, -0.15) is 5.10 Å². The quantitative estimate of drug-likeness (QED) is 0.614. The van der Waals surface area contributed by atoms with Gasteiger partial charge in [-0.05, 0) is 54.6 Å². The molecule has 1 unspecified atom stereocenters. The minimum atomic E-state index is -0.606. The largest absolute Gasteiger partial charge is 0.508 e. The molecule has 8 nitrogen and oxygen atoms in total. The van der Waals surface area contributed by atoms with Crippen molar-refractivity contribution in [3.63, 3.8) is 0 Å². The van der Waals surface area contributed by atoms with E-state index < -0.39 is 11.0 Å². The van der Waals surface area contributed by atoms with E-state index in [4.69, 9.17) is 11.6 Å². The van der Waals surface area contributed by atoms with Crippen molar-refractivity contribution < 1.29 is 9.90 Å². The normalized spacial score (nSPS) is 20.1. The van der Waals surface area contributed by atoms with Gasteiger partial charge in [-0.15, -0.1) is 5.10 Å². The van der Waals surface area contributed by atoms with Gasteiger partial charge in [-0.25, -0.2) is 9.80 Å². The van der Waals surface area contributed by atoms with Gasteiger partial charge in [0.1, 0.15) is 5.75 Å². The van der Waals surface area contributed by atoms with Crippen LogP contribution in [0.3, 0.4) is 0 Å². The number of thioether (sulfide) groups is 1. The topological polar surface area (TPSA) is 101 Å². The first-order chi connectivity index (χ1) is 13.4. The first-order valence-electron chi connectivity index (χ1n) is 8.44. The van der Waals surface area contributed by atoms with E-state index in [2.05, 4.69) is 26.3 Å². The summed E-state index contributed by atoms with van der Waals surface area (Å²) in [5.74, 6) is 0.930. The number of phenolic OH excluding ortho intramolecular Hbond substituents is 1. The average molecular weight is 417 g/mol. The van der Waals surface area contributed by atoms with Crippen molar-refractivity contribution in [2.45, 2.75) is 18.3 Å². The van der Waals surface area contributed by atoms with Crippen LogP contribution in [-0.2, 0) is 6.42 Å². The number of benzene rings is 2. The standard InChI is InChI=1S/C18H17ClN6O2S/c1-18-24-22-15(9-11-5-7-14(26)8-6-11)25(18)23-17(28-18)21-16(27)20-13-4-2-3-12(19)10-13/h2-8,10,24,26H,9H2,1H3,(H2,20,21,23,27). The van der Waals surface area contributed by atoms with Gasteiger partial charge in [-0.1, -0.05) is 29.8 Å². The van der Waals surface area contributed by atoms with Crippen molar-refractivity contribution in [2.24, 2.45) is 10.2 Å². The molecule has 10 heteroatoms. The number of phenols is 1. The summed E-state index contributed by atoms with van der Waals surface area (Å²) in [6.45, 7) is 1.93. The highest BCUT2D eigenvalue weighted by molar-refractivity contribution is 8.15. The first kappa shape index (κ1) is 18.5. The van der Waals surface area contributed by atoms with E-state index in [-0.39, 0.29) is 5.75 Å². The fourth-order valence-electron chi connectivity index (χ4n) is 2.81. The molecule has 2 heterocycles. The van der Waals surface area contributed by atoms with E-state index in [1.165, 1.54) is 11.8 Å². The van der Waals surface area contributed by atoms with E-state index in [9.17, 15) is 9.90 Å². The van der Waals surface area contributed by atoms with E-state index in [1.807, 2.05) is 19.1 Å². The van der Waals surface area contributed by atoms with Crippen LogP contribution in [0.15, 0.2) is 58.7 Å². The molecular weight excluding hydrogens is 400 g/mol. The highest BCUT2D eigenvalue weighted by Crippen LogP contribution is 2.37. The smallest absolute Gasteiger partial charge is 0.325 e.